The highest BCUT2D eigenvalue weighted by atomic mass is 79.9. The van der Waals surface area contributed by atoms with E-state index in [1.54, 1.807) is 24.3 Å². The number of para-hydroxylation sites is 1. The highest BCUT2D eigenvalue weighted by Gasteiger charge is 2.09. The van der Waals surface area contributed by atoms with E-state index in [0.29, 0.717) is 16.6 Å². The molecule has 34 heavy (non-hydrogen) atoms. The third-order valence-electron chi connectivity index (χ3n) is 4.51. The van der Waals surface area contributed by atoms with Gasteiger partial charge in [-0.25, -0.2) is 4.98 Å². The van der Waals surface area contributed by atoms with Gasteiger partial charge in [-0.05, 0) is 48.5 Å². The third-order valence-corrected chi connectivity index (χ3v) is 6.81. The van der Waals surface area contributed by atoms with E-state index >= 15 is 0 Å². The van der Waals surface area contributed by atoms with Crippen molar-refractivity contribution in [2.45, 2.75) is 4.90 Å². The number of hydrogen-bond acceptors (Lipinski definition) is 6. The molecule has 0 saturated heterocycles. The molecule has 0 spiro atoms. The van der Waals surface area contributed by atoms with Crippen LogP contribution in [0.3, 0.4) is 0 Å². The van der Waals surface area contributed by atoms with Crippen LogP contribution in [0.25, 0.3) is 11.3 Å². The molecule has 2 N–H and O–H groups in total. The number of carbonyl (C=O) groups excluding carboxylic acids is 2. The normalized spacial score (nSPS) is 10.5. The first-order valence-electron chi connectivity index (χ1n) is 10.3. The quantitative estimate of drug-likeness (QED) is 0.237. The number of thioether (sulfide) groups is 1. The molecule has 0 radical (unpaired) electrons. The lowest BCUT2D eigenvalue weighted by Crippen LogP contribution is -2.20. The number of amides is 2. The zero-order chi connectivity index (χ0) is 23.8. The van der Waals surface area contributed by atoms with Gasteiger partial charge in [0.2, 0.25) is 5.91 Å². The molecule has 0 aliphatic carbocycles. The number of carbonyl (C=O) groups is 2. The van der Waals surface area contributed by atoms with Crippen molar-refractivity contribution in [1.82, 2.24) is 4.98 Å². The van der Waals surface area contributed by atoms with Gasteiger partial charge in [-0.2, -0.15) is 0 Å². The van der Waals surface area contributed by atoms with Crippen molar-refractivity contribution in [3.63, 3.8) is 0 Å². The van der Waals surface area contributed by atoms with E-state index in [0.717, 1.165) is 20.6 Å². The van der Waals surface area contributed by atoms with E-state index in [1.165, 1.54) is 23.1 Å². The molecule has 2 amide bonds. The molecular formula is C25H20BrN3O3S2. The van der Waals surface area contributed by atoms with Crippen LogP contribution >= 0.6 is 39.0 Å². The van der Waals surface area contributed by atoms with Crippen molar-refractivity contribution in [3.8, 4) is 17.0 Å². The lowest BCUT2D eigenvalue weighted by molar-refractivity contribution is -0.118. The predicted octanol–water partition coefficient (Wildman–Crippen LogP) is 6.32. The standard InChI is InChI=1S/C25H20BrN3O3S2/c26-18-8-6-17(7-9-18)22-15-34-25(28-22)29-24(31)16-33-21-12-10-19(11-13-21)27-23(30)14-32-20-4-2-1-3-5-20/h1-13,15H,14,16H2,(H,27,30)(H,28,29,31). The second-order valence-corrected chi connectivity index (χ2v) is 9.88. The van der Waals surface area contributed by atoms with Crippen LogP contribution < -0.4 is 15.4 Å². The summed E-state index contributed by atoms with van der Waals surface area (Å²) in [6.07, 6.45) is 0. The Morgan fingerprint density at radius 2 is 1.65 bits per heavy atom. The molecule has 0 aliphatic rings. The van der Waals surface area contributed by atoms with Crippen LogP contribution in [0, 0.1) is 0 Å². The Balaban J connectivity index is 1.21. The lowest BCUT2D eigenvalue weighted by Gasteiger charge is -2.08. The number of nitrogens with one attached hydrogen (secondary N) is 2. The average Bonchev–Trinajstić information content (AvgIpc) is 3.32. The number of nitrogens with zero attached hydrogens (tertiary/aromatic N) is 1. The van der Waals surface area contributed by atoms with Gasteiger partial charge < -0.3 is 15.4 Å². The second-order valence-electron chi connectivity index (χ2n) is 7.06. The second kappa shape index (κ2) is 11.8. The minimum Gasteiger partial charge on any atom is -0.484 e. The van der Waals surface area contributed by atoms with Crippen LogP contribution in [0.2, 0.25) is 0 Å². The Hall–Kier alpha value is -3.14. The van der Waals surface area contributed by atoms with Crippen molar-refractivity contribution >= 4 is 61.7 Å². The largest absolute Gasteiger partial charge is 0.484 e. The Morgan fingerprint density at radius 1 is 0.912 bits per heavy atom. The lowest BCUT2D eigenvalue weighted by atomic mass is 10.2. The predicted molar refractivity (Wildman–Crippen MR) is 142 cm³/mol. The average molecular weight is 554 g/mol. The number of benzene rings is 3. The zero-order valence-electron chi connectivity index (χ0n) is 17.9. The van der Waals surface area contributed by atoms with Crippen molar-refractivity contribution in [3.05, 3.63) is 88.7 Å². The summed E-state index contributed by atoms with van der Waals surface area (Å²) in [6, 6.07) is 24.4. The number of halogens is 1. The summed E-state index contributed by atoms with van der Waals surface area (Å²) in [4.78, 5) is 29.8. The maximum atomic E-state index is 12.3. The van der Waals surface area contributed by atoms with Gasteiger partial charge >= 0.3 is 0 Å². The molecule has 0 aliphatic heterocycles. The fourth-order valence-electron chi connectivity index (χ4n) is 2.89. The molecule has 0 fully saturated rings. The molecule has 172 valence electrons. The fourth-order valence-corrected chi connectivity index (χ4v) is 4.58. The Labute approximate surface area is 213 Å². The summed E-state index contributed by atoms with van der Waals surface area (Å²) in [7, 11) is 0. The van der Waals surface area contributed by atoms with Crippen LogP contribution in [-0.4, -0.2) is 29.2 Å². The van der Waals surface area contributed by atoms with E-state index in [4.69, 9.17) is 4.74 Å². The third kappa shape index (κ3) is 7.18. The Morgan fingerprint density at radius 3 is 2.38 bits per heavy atom. The highest BCUT2D eigenvalue weighted by molar-refractivity contribution is 9.10. The summed E-state index contributed by atoms with van der Waals surface area (Å²) >= 11 is 6.22. The number of aromatic nitrogens is 1. The van der Waals surface area contributed by atoms with Crippen molar-refractivity contribution in [1.29, 1.82) is 0 Å². The van der Waals surface area contributed by atoms with E-state index in [-0.39, 0.29) is 24.2 Å². The summed E-state index contributed by atoms with van der Waals surface area (Å²) < 4.78 is 6.45. The number of rotatable bonds is 9. The minimum absolute atomic E-state index is 0.0685. The first-order chi connectivity index (χ1) is 16.5. The van der Waals surface area contributed by atoms with Gasteiger partial charge in [-0.15, -0.1) is 23.1 Å². The molecule has 4 aromatic rings. The minimum atomic E-state index is -0.241. The van der Waals surface area contributed by atoms with E-state index < -0.39 is 0 Å². The van der Waals surface area contributed by atoms with Crippen LogP contribution in [0.1, 0.15) is 0 Å². The molecule has 1 heterocycles. The Kier molecular flexibility index (Phi) is 8.35. The number of anilines is 2. The van der Waals surface area contributed by atoms with Crippen LogP contribution in [-0.2, 0) is 9.59 Å². The van der Waals surface area contributed by atoms with Crippen LogP contribution in [0.4, 0.5) is 10.8 Å². The van der Waals surface area contributed by atoms with E-state index in [2.05, 4.69) is 31.5 Å². The summed E-state index contributed by atoms with van der Waals surface area (Å²) in [6.45, 7) is -0.0685. The first kappa shape index (κ1) is 24.0. The molecule has 3 aromatic carbocycles. The summed E-state index contributed by atoms with van der Waals surface area (Å²) in [5.41, 5.74) is 2.49. The van der Waals surface area contributed by atoms with Gasteiger partial charge in [0.25, 0.3) is 5.91 Å². The van der Waals surface area contributed by atoms with Gasteiger partial charge in [0.05, 0.1) is 11.4 Å². The zero-order valence-corrected chi connectivity index (χ0v) is 21.1. The molecule has 4 rings (SSSR count). The van der Waals surface area contributed by atoms with E-state index in [9.17, 15) is 9.59 Å². The van der Waals surface area contributed by atoms with Gasteiger partial charge in [-0.3, -0.25) is 9.59 Å². The van der Waals surface area contributed by atoms with Gasteiger partial charge in [0.15, 0.2) is 11.7 Å². The monoisotopic (exact) mass is 553 g/mol. The number of ether oxygens (including phenoxy) is 1. The maximum Gasteiger partial charge on any atom is 0.262 e. The molecule has 0 bridgehead atoms. The molecule has 1 aromatic heterocycles. The van der Waals surface area contributed by atoms with Crippen molar-refractivity contribution < 1.29 is 14.3 Å². The smallest absolute Gasteiger partial charge is 0.262 e. The van der Waals surface area contributed by atoms with Crippen LogP contribution in [0.5, 0.6) is 5.75 Å². The maximum absolute atomic E-state index is 12.3. The Bertz CT molecular complexity index is 1250. The van der Waals surface area contributed by atoms with Crippen molar-refractivity contribution in [2.75, 3.05) is 23.0 Å². The molecule has 6 nitrogen and oxygen atoms in total. The fraction of sp³-hybridized carbons (Fsp3) is 0.0800. The molecule has 0 unspecified atom stereocenters. The van der Waals surface area contributed by atoms with E-state index in [1.807, 2.05) is 60.0 Å². The van der Waals surface area contributed by atoms with Gasteiger partial charge in [0, 0.05) is 26.0 Å². The van der Waals surface area contributed by atoms with Gasteiger partial charge in [-0.1, -0.05) is 46.3 Å². The number of hydrogen-bond donors (Lipinski definition) is 2. The summed E-state index contributed by atoms with van der Waals surface area (Å²) in [5, 5.41) is 8.13. The number of thiazole rings is 1. The topological polar surface area (TPSA) is 80.3 Å². The van der Waals surface area contributed by atoms with Crippen molar-refractivity contribution in [2.24, 2.45) is 0 Å². The highest BCUT2D eigenvalue weighted by Crippen LogP contribution is 2.27. The van der Waals surface area contributed by atoms with Crippen LogP contribution in [0.15, 0.2) is 93.6 Å². The first-order valence-corrected chi connectivity index (χ1v) is 12.9. The summed E-state index contributed by atoms with van der Waals surface area (Å²) in [5.74, 6) is 0.529. The molecule has 9 heteroatoms. The molecule has 0 atom stereocenters. The van der Waals surface area contributed by atoms with Gasteiger partial charge in [0.1, 0.15) is 5.75 Å². The SMILES string of the molecule is O=C(COc1ccccc1)Nc1ccc(SCC(=O)Nc2nc(-c3ccc(Br)cc3)cs2)cc1. The molecular weight excluding hydrogens is 534 g/mol. The molecule has 0 saturated carbocycles.